The second kappa shape index (κ2) is 2.85. The molecule has 0 aromatic rings. The Balaban J connectivity index is 2.00. The molecule has 3 atom stereocenters. The van der Waals surface area contributed by atoms with Gasteiger partial charge in [0, 0.05) is 0 Å². The van der Waals surface area contributed by atoms with Crippen LogP contribution in [-0.2, 0) is 23.8 Å². The maximum atomic E-state index is 11.9. The largest absolute Gasteiger partial charge is 0.469 e. The molecule has 0 amide bonds. The third-order valence-electron chi connectivity index (χ3n) is 3.78. The quantitative estimate of drug-likeness (QED) is 0.495. The topological polar surface area (TPSA) is 61.8 Å². The minimum absolute atomic E-state index is 0.0309. The number of hydrogen-bond donors (Lipinski definition) is 0. The zero-order chi connectivity index (χ0) is 11.4. The molecule has 0 N–H and O–H groups in total. The van der Waals surface area contributed by atoms with Gasteiger partial charge < -0.3 is 14.2 Å². The molecule has 2 fully saturated rings. The number of esters is 2. The van der Waals surface area contributed by atoms with Gasteiger partial charge in [-0.2, -0.15) is 0 Å². The fourth-order valence-electron chi connectivity index (χ4n) is 2.91. The smallest absolute Gasteiger partial charge is 0.316 e. The van der Waals surface area contributed by atoms with Crippen molar-refractivity contribution in [2.24, 2.45) is 5.41 Å². The summed E-state index contributed by atoms with van der Waals surface area (Å²) in [5, 5.41) is 0. The van der Waals surface area contributed by atoms with Crippen molar-refractivity contribution in [1.82, 2.24) is 0 Å². The molecular weight excluding hydrogens is 212 g/mol. The van der Waals surface area contributed by atoms with Crippen LogP contribution < -0.4 is 0 Å². The summed E-state index contributed by atoms with van der Waals surface area (Å²) < 4.78 is 15.4. The van der Waals surface area contributed by atoms with Gasteiger partial charge >= 0.3 is 11.9 Å². The lowest BCUT2D eigenvalue weighted by Gasteiger charge is -2.30. The van der Waals surface area contributed by atoms with E-state index < -0.39 is 17.0 Å². The highest BCUT2D eigenvalue weighted by Crippen LogP contribution is 2.58. The SMILES string of the molecule is COC(=O)C[C@@]12C[C@H]3C=C[C@]1(COC2=O)O3. The number of carbonyl (C=O) groups is 2. The summed E-state index contributed by atoms with van der Waals surface area (Å²) in [5.74, 6) is -0.743. The van der Waals surface area contributed by atoms with Crippen LogP contribution in [0.5, 0.6) is 0 Å². The van der Waals surface area contributed by atoms with Crippen molar-refractivity contribution >= 4 is 11.9 Å². The van der Waals surface area contributed by atoms with Gasteiger partial charge in [-0.1, -0.05) is 6.08 Å². The van der Waals surface area contributed by atoms with Crippen LogP contribution in [0.3, 0.4) is 0 Å². The van der Waals surface area contributed by atoms with E-state index in [0.29, 0.717) is 6.42 Å². The fraction of sp³-hybridized carbons (Fsp3) is 0.636. The fourth-order valence-corrected chi connectivity index (χ4v) is 2.91. The van der Waals surface area contributed by atoms with E-state index in [1.165, 1.54) is 7.11 Å². The Bertz CT molecular complexity index is 401. The van der Waals surface area contributed by atoms with Gasteiger partial charge in [0.2, 0.25) is 0 Å². The third-order valence-corrected chi connectivity index (χ3v) is 3.78. The van der Waals surface area contributed by atoms with Gasteiger partial charge in [0.15, 0.2) is 0 Å². The second-order valence-corrected chi connectivity index (χ2v) is 4.52. The van der Waals surface area contributed by atoms with Crippen LogP contribution in [0.15, 0.2) is 12.2 Å². The summed E-state index contributed by atoms with van der Waals surface area (Å²) in [4.78, 5) is 23.3. The van der Waals surface area contributed by atoms with E-state index in [4.69, 9.17) is 9.47 Å². The monoisotopic (exact) mass is 224 g/mol. The van der Waals surface area contributed by atoms with Crippen molar-refractivity contribution in [2.75, 3.05) is 13.7 Å². The molecule has 1 spiro atoms. The lowest BCUT2D eigenvalue weighted by molar-refractivity contribution is -0.154. The molecule has 0 radical (unpaired) electrons. The summed E-state index contributed by atoms with van der Waals surface area (Å²) in [6, 6.07) is 0. The Hall–Kier alpha value is -1.36. The van der Waals surface area contributed by atoms with Crippen molar-refractivity contribution in [2.45, 2.75) is 24.5 Å². The molecule has 0 unspecified atom stereocenters. The summed E-state index contributed by atoms with van der Waals surface area (Å²) >= 11 is 0. The van der Waals surface area contributed by atoms with E-state index in [-0.39, 0.29) is 25.1 Å². The Morgan fingerprint density at radius 3 is 3.19 bits per heavy atom. The molecule has 5 nitrogen and oxygen atoms in total. The Kier molecular flexibility index (Phi) is 1.75. The van der Waals surface area contributed by atoms with Crippen molar-refractivity contribution in [1.29, 1.82) is 0 Å². The van der Waals surface area contributed by atoms with E-state index in [9.17, 15) is 9.59 Å². The van der Waals surface area contributed by atoms with Crippen molar-refractivity contribution in [3.8, 4) is 0 Å². The van der Waals surface area contributed by atoms with Crippen LogP contribution >= 0.6 is 0 Å². The van der Waals surface area contributed by atoms with Crippen LogP contribution in [0.25, 0.3) is 0 Å². The number of cyclic esters (lactones) is 1. The molecule has 16 heavy (non-hydrogen) atoms. The lowest BCUT2D eigenvalue weighted by Crippen LogP contribution is -2.45. The minimum Gasteiger partial charge on any atom is -0.469 e. The number of fused-ring (bicyclic) bond motifs is 1. The van der Waals surface area contributed by atoms with Crippen LogP contribution in [-0.4, -0.2) is 37.4 Å². The van der Waals surface area contributed by atoms with E-state index >= 15 is 0 Å². The number of rotatable bonds is 2. The standard InChI is InChI=1S/C11H12O5/c1-14-8(12)5-10-4-7-2-3-11(10,16-7)6-15-9(10)13/h2-3,7H,4-6H2,1H3/t7-,10-,11-/m1/s1. The average Bonchev–Trinajstić information content (AvgIpc) is 2.88. The second-order valence-electron chi connectivity index (χ2n) is 4.52. The molecule has 3 aliphatic heterocycles. The maximum absolute atomic E-state index is 11.9. The molecule has 3 heterocycles. The molecular formula is C11H12O5. The molecule has 0 aliphatic carbocycles. The van der Waals surface area contributed by atoms with Crippen molar-refractivity contribution in [3.63, 3.8) is 0 Å². The molecule has 5 heteroatoms. The molecule has 2 bridgehead atoms. The Labute approximate surface area is 92.3 Å². The lowest BCUT2D eigenvalue weighted by atomic mass is 9.68. The van der Waals surface area contributed by atoms with Crippen molar-refractivity contribution < 1.29 is 23.8 Å². The first-order valence-corrected chi connectivity index (χ1v) is 5.23. The highest BCUT2D eigenvalue weighted by atomic mass is 16.6. The highest BCUT2D eigenvalue weighted by molar-refractivity contribution is 5.88. The Morgan fingerprint density at radius 1 is 1.69 bits per heavy atom. The Morgan fingerprint density at radius 2 is 2.50 bits per heavy atom. The summed E-state index contributed by atoms with van der Waals surface area (Å²) in [5.41, 5.74) is -1.59. The molecule has 86 valence electrons. The van der Waals surface area contributed by atoms with Gasteiger partial charge in [-0.25, -0.2) is 0 Å². The summed E-state index contributed by atoms with van der Waals surface area (Å²) in [6.07, 6.45) is 4.25. The van der Waals surface area contributed by atoms with E-state index in [1.54, 1.807) is 0 Å². The molecule has 0 aromatic carbocycles. The highest BCUT2D eigenvalue weighted by Gasteiger charge is 2.70. The number of hydrogen-bond acceptors (Lipinski definition) is 5. The molecule has 3 aliphatic rings. The average molecular weight is 224 g/mol. The van der Waals surface area contributed by atoms with Crippen LogP contribution in [0.4, 0.5) is 0 Å². The van der Waals surface area contributed by atoms with Gasteiger partial charge in [-0.05, 0) is 12.5 Å². The molecule has 0 saturated carbocycles. The van der Waals surface area contributed by atoms with Gasteiger partial charge in [-0.3, -0.25) is 9.59 Å². The number of carbonyl (C=O) groups excluding carboxylic acids is 2. The number of ether oxygens (including phenoxy) is 3. The minimum atomic E-state index is -0.862. The van der Waals surface area contributed by atoms with Gasteiger partial charge in [-0.15, -0.1) is 0 Å². The normalized spacial score (nSPS) is 43.3. The zero-order valence-electron chi connectivity index (χ0n) is 8.89. The van der Waals surface area contributed by atoms with Crippen LogP contribution in [0.2, 0.25) is 0 Å². The summed E-state index contributed by atoms with van der Waals surface area (Å²) in [7, 11) is 1.32. The first-order valence-electron chi connectivity index (χ1n) is 5.23. The summed E-state index contributed by atoms with van der Waals surface area (Å²) in [6.45, 7) is 0.204. The van der Waals surface area contributed by atoms with Crippen molar-refractivity contribution in [3.05, 3.63) is 12.2 Å². The molecule has 2 saturated heterocycles. The van der Waals surface area contributed by atoms with E-state index in [0.717, 1.165) is 0 Å². The van der Waals surface area contributed by atoms with Gasteiger partial charge in [0.25, 0.3) is 0 Å². The first-order chi connectivity index (χ1) is 7.62. The van der Waals surface area contributed by atoms with E-state index in [2.05, 4.69) is 4.74 Å². The third kappa shape index (κ3) is 0.942. The zero-order valence-corrected chi connectivity index (χ0v) is 8.89. The molecule has 3 rings (SSSR count). The number of methoxy groups -OCH3 is 1. The molecule has 0 aromatic heterocycles. The van der Waals surface area contributed by atoms with Crippen LogP contribution in [0.1, 0.15) is 12.8 Å². The first kappa shape index (κ1) is 9.84. The maximum Gasteiger partial charge on any atom is 0.316 e. The van der Waals surface area contributed by atoms with Crippen LogP contribution in [0, 0.1) is 5.41 Å². The predicted molar refractivity (Wildman–Crippen MR) is 51.4 cm³/mol. The van der Waals surface area contributed by atoms with E-state index in [1.807, 2.05) is 12.2 Å². The predicted octanol–water partition coefficient (Wildman–Crippen LogP) is 0.190. The van der Waals surface area contributed by atoms with Gasteiger partial charge in [0.1, 0.15) is 17.6 Å². The van der Waals surface area contributed by atoms with Gasteiger partial charge in [0.05, 0.1) is 19.6 Å².